The molecule has 0 spiro atoms. The number of nitrogens with one attached hydrogen (secondary N) is 1. The lowest BCUT2D eigenvalue weighted by molar-refractivity contribution is 0.0420. The Kier molecular flexibility index (Phi) is 5.08. The molecule has 110 valence electrons. The summed E-state index contributed by atoms with van der Waals surface area (Å²) in [6, 6.07) is 0.360. The molecule has 1 saturated carbocycles. The van der Waals surface area contributed by atoms with Crippen molar-refractivity contribution in [3.8, 4) is 0 Å². The van der Waals surface area contributed by atoms with E-state index in [4.69, 9.17) is 0 Å². The second-order valence-electron chi connectivity index (χ2n) is 6.29. The van der Waals surface area contributed by atoms with Crippen LogP contribution in [0.2, 0.25) is 0 Å². The number of hydrogen-bond acceptors (Lipinski definition) is 2. The minimum absolute atomic E-state index is 0.0244. The van der Waals surface area contributed by atoms with Crippen molar-refractivity contribution in [2.75, 3.05) is 13.1 Å². The van der Waals surface area contributed by atoms with Gasteiger partial charge in [0.05, 0.1) is 6.10 Å². The summed E-state index contributed by atoms with van der Waals surface area (Å²) in [4.78, 5) is 14.1. The molecule has 1 aliphatic carbocycles. The molecule has 1 aliphatic heterocycles. The van der Waals surface area contributed by atoms with Gasteiger partial charge in [0.2, 0.25) is 0 Å². The Labute approximate surface area is 116 Å². The Bertz CT molecular complexity index is 309. The first-order valence-electron chi connectivity index (χ1n) is 7.85. The summed E-state index contributed by atoms with van der Waals surface area (Å²) in [7, 11) is 0. The number of carbonyl (C=O) groups excluding carboxylic acids is 1. The molecule has 2 N–H and O–H groups in total. The molecule has 0 aromatic heterocycles. The Morgan fingerprint density at radius 2 is 2.05 bits per heavy atom. The zero-order valence-corrected chi connectivity index (χ0v) is 12.3. The first-order valence-corrected chi connectivity index (χ1v) is 7.85. The fourth-order valence-electron chi connectivity index (χ4n) is 3.37. The number of aliphatic hydroxyl groups excluding tert-OH is 1. The van der Waals surface area contributed by atoms with E-state index in [1.54, 1.807) is 4.90 Å². The number of β-amino-alcohol motifs (C(OH)–C–C–N with tert-alkyl or cyclic N) is 1. The molecule has 2 aliphatic rings. The van der Waals surface area contributed by atoms with E-state index in [1.165, 1.54) is 19.3 Å². The van der Waals surface area contributed by atoms with E-state index in [-0.39, 0.29) is 12.1 Å². The maximum atomic E-state index is 12.3. The quantitative estimate of drug-likeness (QED) is 0.808. The third kappa shape index (κ3) is 3.62. The Hall–Kier alpha value is -0.770. The van der Waals surface area contributed by atoms with Gasteiger partial charge in [-0.25, -0.2) is 4.79 Å². The number of urea groups is 1. The zero-order chi connectivity index (χ0) is 13.8. The van der Waals surface area contributed by atoms with Gasteiger partial charge in [-0.15, -0.1) is 0 Å². The highest BCUT2D eigenvalue weighted by Gasteiger charge is 2.30. The summed E-state index contributed by atoms with van der Waals surface area (Å²) in [5.41, 5.74) is 0. The monoisotopic (exact) mass is 268 g/mol. The summed E-state index contributed by atoms with van der Waals surface area (Å²) >= 11 is 0. The van der Waals surface area contributed by atoms with Gasteiger partial charge in [-0.3, -0.25) is 0 Å². The molecular weight excluding hydrogens is 240 g/mol. The summed E-state index contributed by atoms with van der Waals surface area (Å²) < 4.78 is 0. The second-order valence-corrected chi connectivity index (χ2v) is 6.29. The topological polar surface area (TPSA) is 52.6 Å². The molecule has 2 rings (SSSR count). The Morgan fingerprint density at radius 1 is 1.32 bits per heavy atom. The fraction of sp³-hybridized carbons (Fsp3) is 0.933. The Morgan fingerprint density at radius 3 is 2.74 bits per heavy atom. The van der Waals surface area contributed by atoms with E-state index in [1.807, 2.05) is 6.92 Å². The highest BCUT2D eigenvalue weighted by Crippen LogP contribution is 2.27. The maximum absolute atomic E-state index is 12.3. The number of aliphatic hydroxyl groups is 1. The molecule has 1 saturated heterocycles. The van der Waals surface area contributed by atoms with Crippen LogP contribution >= 0.6 is 0 Å². The molecule has 0 radical (unpaired) electrons. The average molecular weight is 268 g/mol. The molecule has 4 nitrogen and oxygen atoms in total. The van der Waals surface area contributed by atoms with Gasteiger partial charge in [-0.1, -0.05) is 33.1 Å². The first kappa shape index (κ1) is 14.6. The molecule has 0 aromatic carbocycles. The van der Waals surface area contributed by atoms with Gasteiger partial charge in [0, 0.05) is 19.1 Å². The van der Waals surface area contributed by atoms with E-state index >= 15 is 0 Å². The van der Waals surface area contributed by atoms with Crippen LogP contribution in [0.4, 0.5) is 4.79 Å². The predicted octanol–water partition coefficient (Wildman–Crippen LogP) is 2.37. The summed E-state index contributed by atoms with van der Waals surface area (Å²) in [6.07, 6.45) is 6.54. The van der Waals surface area contributed by atoms with Gasteiger partial charge in [0.15, 0.2) is 0 Å². The van der Waals surface area contributed by atoms with Crippen LogP contribution in [0.5, 0.6) is 0 Å². The number of likely N-dealkylation sites (tertiary alicyclic amines) is 1. The predicted molar refractivity (Wildman–Crippen MR) is 75.9 cm³/mol. The molecule has 4 unspecified atom stereocenters. The largest absolute Gasteiger partial charge is 0.391 e. The van der Waals surface area contributed by atoms with Crippen molar-refractivity contribution in [1.29, 1.82) is 0 Å². The molecule has 2 fully saturated rings. The van der Waals surface area contributed by atoms with Crippen molar-refractivity contribution in [3.63, 3.8) is 0 Å². The van der Waals surface area contributed by atoms with Crippen molar-refractivity contribution in [2.24, 2.45) is 11.8 Å². The number of piperidine rings is 1. The number of rotatable bonds is 2. The average Bonchev–Trinajstić information content (AvgIpc) is 2.42. The van der Waals surface area contributed by atoms with E-state index in [9.17, 15) is 9.90 Å². The van der Waals surface area contributed by atoms with Gasteiger partial charge < -0.3 is 15.3 Å². The smallest absolute Gasteiger partial charge is 0.317 e. The van der Waals surface area contributed by atoms with Crippen LogP contribution < -0.4 is 5.32 Å². The van der Waals surface area contributed by atoms with Crippen LogP contribution in [0.3, 0.4) is 0 Å². The summed E-state index contributed by atoms with van der Waals surface area (Å²) in [6.45, 7) is 5.51. The third-order valence-corrected chi connectivity index (χ3v) is 4.95. The van der Waals surface area contributed by atoms with E-state index in [0.717, 1.165) is 25.8 Å². The van der Waals surface area contributed by atoms with Crippen LogP contribution in [0.15, 0.2) is 0 Å². The van der Waals surface area contributed by atoms with Crippen LogP contribution in [-0.2, 0) is 0 Å². The third-order valence-electron chi connectivity index (χ3n) is 4.95. The minimum Gasteiger partial charge on any atom is -0.391 e. The van der Waals surface area contributed by atoms with Crippen LogP contribution in [-0.4, -0.2) is 41.3 Å². The van der Waals surface area contributed by atoms with E-state index in [2.05, 4.69) is 12.2 Å². The maximum Gasteiger partial charge on any atom is 0.317 e. The number of nitrogens with zero attached hydrogens (tertiary/aromatic N) is 1. The molecule has 2 amide bonds. The summed E-state index contributed by atoms with van der Waals surface area (Å²) in [5.74, 6) is 0.938. The van der Waals surface area contributed by atoms with Gasteiger partial charge in [0.25, 0.3) is 0 Å². The van der Waals surface area contributed by atoms with Crippen LogP contribution in [0, 0.1) is 11.8 Å². The highest BCUT2D eigenvalue weighted by molar-refractivity contribution is 5.74. The highest BCUT2D eigenvalue weighted by atomic mass is 16.3. The van der Waals surface area contributed by atoms with E-state index < -0.39 is 0 Å². The second kappa shape index (κ2) is 6.60. The van der Waals surface area contributed by atoms with Crippen LogP contribution in [0.25, 0.3) is 0 Å². The van der Waals surface area contributed by atoms with Crippen LogP contribution in [0.1, 0.15) is 52.4 Å². The normalized spacial score (nSPS) is 36.1. The van der Waals surface area contributed by atoms with Gasteiger partial charge in [-0.05, 0) is 31.1 Å². The number of hydrogen-bond donors (Lipinski definition) is 2. The number of amides is 2. The molecule has 0 bridgehead atoms. The zero-order valence-electron chi connectivity index (χ0n) is 12.3. The lowest BCUT2D eigenvalue weighted by Crippen LogP contribution is -2.53. The van der Waals surface area contributed by atoms with E-state index in [0.29, 0.717) is 24.4 Å². The Balaban J connectivity index is 1.86. The van der Waals surface area contributed by atoms with Gasteiger partial charge in [0.1, 0.15) is 0 Å². The molecule has 1 heterocycles. The first-order chi connectivity index (χ1) is 9.11. The summed E-state index contributed by atoms with van der Waals surface area (Å²) in [5, 5.41) is 13.1. The van der Waals surface area contributed by atoms with Crippen molar-refractivity contribution in [1.82, 2.24) is 10.2 Å². The fourth-order valence-corrected chi connectivity index (χ4v) is 3.37. The molecule has 19 heavy (non-hydrogen) atoms. The molecular formula is C15H28N2O2. The molecule has 0 aromatic rings. The molecule has 4 heteroatoms. The van der Waals surface area contributed by atoms with Crippen molar-refractivity contribution in [2.45, 2.75) is 64.5 Å². The lowest BCUT2D eigenvalue weighted by Gasteiger charge is -2.37. The minimum atomic E-state index is -0.368. The SMILES string of the molecule is CCC1CCCCC1NC(=O)N1CCC(C)C(O)C1. The van der Waals surface area contributed by atoms with Gasteiger partial charge >= 0.3 is 6.03 Å². The van der Waals surface area contributed by atoms with Crippen molar-refractivity contribution < 1.29 is 9.90 Å². The standard InChI is InChI=1S/C15H28N2O2/c1-3-12-6-4-5-7-13(12)16-15(19)17-9-8-11(2)14(18)10-17/h11-14,18H,3-10H2,1-2H3,(H,16,19). The molecule has 4 atom stereocenters. The van der Waals surface area contributed by atoms with Crippen molar-refractivity contribution in [3.05, 3.63) is 0 Å². The van der Waals surface area contributed by atoms with Gasteiger partial charge in [-0.2, -0.15) is 0 Å². The number of carbonyl (C=O) groups is 1. The van der Waals surface area contributed by atoms with Crippen molar-refractivity contribution >= 4 is 6.03 Å². The lowest BCUT2D eigenvalue weighted by atomic mass is 9.83.